The normalized spacial score (nSPS) is 23.7. The number of hydrogen-bond donors (Lipinski definition) is 0. The quantitative estimate of drug-likeness (QED) is 0.426. The van der Waals surface area contributed by atoms with Gasteiger partial charge in [0, 0.05) is 40.6 Å². The predicted octanol–water partition coefficient (Wildman–Crippen LogP) is 3.12. The van der Waals surface area contributed by atoms with Crippen molar-refractivity contribution in [3.8, 4) is 0 Å². The molecule has 0 radical (unpaired) electrons. The van der Waals surface area contributed by atoms with Crippen LogP contribution in [0.15, 0.2) is 59.3 Å². The highest BCUT2D eigenvalue weighted by Crippen LogP contribution is 2.36. The van der Waals surface area contributed by atoms with Crippen LogP contribution in [0, 0.1) is 12.8 Å². The summed E-state index contributed by atoms with van der Waals surface area (Å²) in [7, 11) is 0. The van der Waals surface area contributed by atoms with Crippen molar-refractivity contribution in [2.24, 2.45) is 5.92 Å². The number of amides is 1. The first-order valence-electron chi connectivity index (χ1n) is 11.5. The van der Waals surface area contributed by atoms with Crippen LogP contribution in [-0.2, 0) is 17.7 Å². The average molecular weight is 548 g/mol. The number of aryl methyl sites for hydroxylation is 1. The Bertz CT molecular complexity index is 1030. The van der Waals surface area contributed by atoms with E-state index in [2.05, 4.69) is 48.0 Å². The van der Waals surface area contributed by atoms with Gasteiger partial charge in [0.05, 0.1) is 26.2 Å². The molecule has 0 aliphatic carbocycles. The molecule has 3 fully saturated rings. The summed E-state index contributed by atoms with van der Waals surface area (Å²) < 4.78 is 7.37. The Kier molecular flexibility index (Phi) is 7.95. The summed E-state index contributed by atoms with van der Waals surface area (Å²) in [5.74, 6) is 0.502. The minimum Gasteiger partial charge on any atom is -1.00 e. The summed E-state index contributed by atoms with van der Waals surface area (Å²) >= 11 is 3.53. The Hall–Kier alpha value is -1.67. The van der Waals surface area contributed by atoms with E-state index >= 15 is 0 Å². The molecule has 7 heteroatoms. The SMILES string of the molecule is Cc1cccc(N(Cc2cccs2)C(=O)O[C@H]2C[N+]3(CCc4cccs4)CCC2CC3)c1.[Br-]. The van der Waals surface area contributed by atoms with Crippen molar-refractivity contribution < 1.29 is 31.0 Å². The van der Waals surface area contributed by atoms with Crippen LogP contribution in [0.25, 0.3) is 0 Å². The highest BCUT2D eigenvalue weighted by Gasteiger charge is 2.47. The number of halogens is 1. The maximum atomic E-state index is 13.5. The van der Waals surface area contributed by atoms with Crippen LogP contribution < -0.4 is 21.9 Å². The molecule has 5 heterocycles. The second kappa shape index (κ2) is 10.7. The third-order valence-electron chi connectivity index (χ3n) is 7.13. The minimum absolute atomic E-state index is 0. The summed E-state index contributed by atoms with van der Waals surface area (Å²) in [5.41, 5.74) is 2.05. The molecular formula is C26H31BrN2O2S2. The molecule has 33 heavy (non-hydrogen) atoms. The maximum absolute atomic E-state index is 13.5. The van der Waals surface area contributed by atoms with E-state index in [0.29, 0.717) is 12.5 Å². The van der Waals surface area contributed by atoms with Crippen LogP contribution in [0.1, 0.15) is 28.2 Å². The minimum atomic E-state index is -0.209. The standard InChI is InChI=1S/C26H31N2O2S2.BrH/c1-20-5-2-6-22(17-20)27(18-24-8-4-16-32-24)26(29)30-25-19-28(12-9-21(25)10-13-28)14-11-23-7-3-15-31-23;/h2-8,15-17,21,25H,9-14,18-19H2,1H3;1H/q+1;/p-1/t21?,25-,28?;/m0./s1. The van der Waals surface area contributed by atoms with E-state index in [1.807, 2.05) is 34.4 Å². The van der Waals surface area contributed by atoms with Crippen molar-refractivity contribution in [1.82, 2.24) is 0 Å². The summed E-state index contributed by atoms with van der Waals surface area (Å²) in [6.07, 6.45) is 3.26. The Morgan fingerprint density at radius 1 is 1.06 bits per heavy atom. The molecule has 0 spiro atoms. The van der Waals surface area contributed by atoms with Gasteiger partial charge in [-0.2, -0.15) is 0 Å². The largest absolute Gasteiger partial charge is 1.00 e. The molecule has 3 aliphatic heterocycles. The van der Waals surface area contributed by atoms with E-state index in [9.17, 15) is 4.79 Å². The van der Waals surface area contributed by atoms with Crippen LogP contribution in [0.3, 0.4) is 0 Å². The molecule has 2 bridgehead atoms. The number of hydrogen-bond acceptors (Lipinski definition) is 4. The Labute approximate surface area is 215 Å². The number of ether oxygens (including phenoxy) is 1. The van der Waals surface area contributed by atoms with Crippen molar-refractivity contribution in [1.29, 1.82) is 0 Å². The third-order valence-corrected chi connectivity index (χ3v) is 8.93. The van der Waals surface area contributed by atoms with E-state index in [4.69, 9.17) is 4.74 Å². The lowest BCUT2D eigenvalue weighted by atomic mass is 9.83. The van der Waals surface area contributed by atoms with Gasteiger partial charge in [0.15, 0.2) is 6.10 Å². The summed E-state index contributed by atoms with van der Waals surface area (Å²) in [6, 6.07) is 16.6. The second-order valence-electron chi connectivity index (χ2n) is 9.29. The summed E-state index contributed by atoms with van der Waals surface area (Å²) in [4.78, 5) is 17.9. The first kappa shape index (κ1) is 24.5. The monoisotopic (exact) mass is 546 g/mol. The lowest BCUT2D eigenvalue weighted by Crippen LogP contribution is -3.00. The first-order chi connectivity index (χ1) is 15.6. The number of carbonyl (C=O) groups excluding carboxylic acids is 1. The smallest absolute Gasteiger partial charge is 0.415 e. The van der Waals surface area contributed by atoms with Crippen LogP contribution >= 0.6 is 22.7 Å². The van der Waals surface area contributed by atoms with E-state index in [-0.39, 0.29) is 29.2 Å². The fraction of sp³-hybridized carbons (Fsp3) is 0.423. The van der Waals surface area contributed by atoms with Gasteiger partial charge in [-0.15, -0.1) is 22.7 Å². The molecule has 6 rings (SSSR count). The lowest BCUT2D eigenvalue weighted by Gasteiger charge is -2.52. The van der Waals surface area contributed by atoms with Crippen molar-refractivity contribution in [3.05, 3.63) is 74.6 Å². The number of rotatable bonds is 7. The molecule has 2 aromatic heterocycles. The number of piperidine rings is 3. The Morgan fingerprint density at radius 2 is 1.79 bits per heavy atom. The Morgan fingerprint density at radius 3 is 2.45 bits per heavy atom. The number of benzene rings is 1. The molecule has 176 valence electrons. The molecule has 0 N–H and O–H groups in total. The third kappa shape index (κ3) is 5.70. The number of anilines is 1. The summed E-state index contributed by atoms with van der Waals surface area (Å²) in [6.45, 7) is 7.17. The zero-order valence-corrected chi connectivity index (χ0v) is 22.2. The van der Waals surface area contributed by atoms with Gasteiger partial charge in [0.1, 0.15) is 6.54 Å². The van der Waals surface area contributed by atoms with Gasteiger partial charge in [-0.3, -0.25) is 4.90 Å². The molecule has 1 amide bonds. The van der Waals surface area contributed by atoms with Gasteiger partial charge in [0.25, 0.3) is 0 Å². The molecule has 3 aliphatic rings. The highest BCUT2D eigenvalue weighted by molar-refractivity contribution is 7.10. The van der Waals surface area contributed by atoms with Gasteiger partial charge in [-0.05, 0) is 47.5 Å². The van der Waals surface area contributed by atoms with Crippen LogP contribution in [-0.4, -0.2) is 42.9 Å². The number of carbonyl (C=O) groups is 1. The highest BCUT2D eigenvalue weighted by atomic mass is 79.9. The van der Waals surface area contributed by atoms with Gasteiger partial charge >= 0.3 is 6.09 Å². The average Bonchev–Trinajstić information content (AvgIpc) is 3.51. The van der Waals surface area contributed by atoms with Crippen molar-refractivity contribution in [2.75, 3.05) is 31.1 Å². The molecule has 0 saturated carbocycles. The molecule has 1 aromatic carbocycles. The molecular weight excluding hydrogens is 516 g/mol. The van der Waals surface area contributed by atoms with E-state index in [0.717, 1.165) is 53.0 Å². The van der Waals surface area contributed by atoms with Crippen molar-refractivity contribution in [2.45, 2.75) is 38.8 Å². The van der Waals surface area contributed by atoms with Crippen LogP contribution in [0.2, 0.25) is 0 Å². The Balaban J connectivity index is 0.00000259. The maximum Gasteiger partial charge on any atom is 0.415 e. The fourth-order valence-corrected chi connectivity index (χ4v) is 6.67. The zero-order valence-electron chi connectivity index (χ0n) is 19.0. The fourth-order valence-electron chi connectivity index (χ4n) is 5.28. The molecule has 4 nitrogen and oxygen atoms in total. The zero-order chi connectivity index (χ0) is 22.0. The van der Waals surface area contributed by atoms with Gasteiger partial charge in [0.2, 0.25) is 0 Å². The van der Waals surface area contributed by atoms with Crippen molar-refractivity contribution >= 4 is 34.5 Å². The summed E-state index contributed by atoms with van der Waals surface area (Å²) in [5, 5.41) is 4.22. The second-order valence-corrected chi connectivity index (χ2v) is 11.4. The van der Waals surface area contributed by atoms with Gasteiger partial charge in [-0.1, -0.05) is 24.3 Å². The number of thiophene rings is 2. The molecule has 3 aromatic rings. The van der Waals surface area contributed by atoms with Crippen LogP contribution in [0.4, 0.5) is 10.5 Å². The van der Waals surface area contributed by atoms with E-state index in [1.54, 1.807) is 11.3 Å². The van der Waals surface area contributed by atoms with Gasteiger partial charge < -0.3 is 26.2 Å². The topological polar surface area (TPSA) is 29.5 Å². The lowest BCUT2D eigenvalue weighted by molar-refractivity contribution is -0.945. The number of nitrogens with zero attached hydrogens (tertiary/aromatic N) is 2. The van der Waals surface area contributed by atoms with Crippen LogP contribution in [0.5, 0.6) is 0 Å². The predicted molar refractivity (Wildman–Crippen MR) is 132 cm³/mol. The van der Waals surface area contributed by atoms with Gasteiger partial charge in [-0.25, -0.2) is 4.79 Å². The van der Waals surface area contributed by atoms with E-state index in [1.165, 1.54) is 18.0 Å². The van der Waals surface area contributed by atoms with E-state index < -0.39 is 0 Å². The van der Waals surface area contributed by atoms with Crippen molar-refractivity contribution in [3.63, 3.8) is 0 Å². The molecule has 0 unspecified atom stereocenters. The number of quaternary nitrogens is 1. The number of fused-ring (bicyclic) bond motifs is 3. The first-order valence-corrected chi connectivity index (χ1v) is 13.3. The molecule has 3 saturated heterocycles. The molecule has 1 atom stereocenters.